The molecule has 0 radical (unpaired) electrons. The summed E-state index contributed by atoms with van der Waals surface area (Å²) in [6, 6.07) is 3.20. The zero-order valence-corrected chi connectivity index (χ0v) is 10.7. The highest BCUT2D eigenvalue weighted by Crippen LogP contribution is 2.16. The van der Waals surface area contributed by atoms with E-state index in [1.807, 2.05) is 7.05 Å². The zero-order chi connectivity index (χ0) is 12.8. The molecule has 0 aromatic carbocycles. The fourth-order valence-corrected chi connectivity index (χ4v) is 1.41. The van der Waals surface area contributed by atoms with Gasteiger partial charge in [-0.3, -0.25) is 0 Å². The van der Waals surface area contributed by atoms with Crippen LogP contribution in [0.25, 0.3) is 0 Å². The first kappa shape index (κ1) is 13.7. The van der Waals surface area contributed by atoms with Gasteiger partial charge in [-0.2, -0.15) is 0 Å². The smallest absolute Gasteiger partial charge is 0.356 e. The quantitative estimate of drug-likeness (QED) is 0.814. The number of nitrogens with one attached hydrogen (secondary N) is 1. The van der Waals surface area contributed by atoms with Crippen molar-refractivity contribution >= 4 is 23.4 Å². The number of aromatic nitrogens is 1. The van der Waals surface area contributed by atoms with Crippen molar-refractivity contribution in [2.45, 2.75) is 6.92 Å². The van der Waals surface area contributed by atoms with Gasteiger partial charge in [0.25, 0.3) is 0 Å². The van der Waals surface area contributed by atoms with Crippen LogP contribution in [-0.4, -0.2) is 47.6 Å². The molecule has 0 atom stereocenters. The van der Waals surface area contributed by atoms with Crippen LogP contribution in [0, 0.1) is 0 Å². The van der Waals surface area contributed by atoms with Gasteiger partial charge in [0.05, 0.1) is 5.02 Å². The standard InChI is InChI=1S/C11H16ClN3O2/c1-3-15(2)7-6-13-9-5-4-8(12)10(14-9)11(16)17/h4-5H,3,6-7H2,1-2H3,(H,13,14)(H,16,17). The third-order valence-electron chi connectivity index (χ3n) is 2.39. The van der Waals surface area contributed by atoms with Gasteiger partial charge >= 0.3 is 5.97 Å². The summed E-state index contributed by atoms with van der Waals surface area (Å²) in [6.45, 7) is 4.61. The van der Waals surface area contributed by atoms with E-state index in [0.717, 1.165) is 13.1 Å². The van der Waals surface area contributed by atoms with Crippen LogP contribution in [0.5, 0.6) is 0 Å². The van der Waals surface area contributed by atoms with Gasteiger partial charge in [0.1, 0.15) is 5.82 Å². The van der Waals surface area contributed by atoms with E-state index in [-0.39, 0.29) is 10.7 Å². The number of likely N-dealkylation sites (N-methyl/N-ethyl adjacent to an activating group) is 1. The molecule has 0 amide bonds. The fraction of sp³-hybridized carbons (Fsp3) is 0.455. The maximum atomic E-state index is 10.8. The second kappa shape index (κ2) is 6.42. The van der Waals surface area contributed by atoms with Gasteiger partial charge in [-0.05, 0) is 25.7 Å². The summed E-state index contributed by atoms with van der Waals surface area (Å²) in [5.74, 6) is -0.597. The third-order valence-corrected chi connectivity index (χ3v) is 2.69. The van der Waals surface area contributed by atoms with E-state index >= 15 is 0 Å². The minimum atomic E-state index is -1.12. The van der Waals surface area contributed by atoms with E-state index in [4.69, 9.17) is 16.7 Å². The average Bonchev–Trinajstić information content (AvgIpc) is 2.30. The van der Waals surface area contributed by atoms with Crippen LogP contribution in [0.2, 0.25) is 5.02 Å². The van der Waals surface area contributed by atoms with E-state index in [0.29, 0.717) is 12.4 Å². The van der Waals surface area contributed by atoms with E-state index in [1.54, 1.807) is 6.07 Å². The number of rotatable bonds is 6. The highest BCUT2D eigenvalue weighted by Gasteiger charge is 2.11. The van der Waals surface area contributed by atoms with Crippen molar-refractivity contribution in [3.05, 3.63) is 22.8 Å². The Morgan fingerprint density at radius 2 is 2.29 bits per heavy atom. The molecule has 1 aromatic rings. The van der Waals surface area contributed by atoms with Gasteiger partial charge in [-0.15, -0.1) is 0 Å². The van der Waals surface area contributed by atoms with Crippen molar-refractivity contribution in [3.63, 3.8) is 0 Å². The second-order valence-electron chi connectivity index (χ2n) is 3.65. The Balaban J connectivity index is 2.60. The maximum Gasteiger partial charge on any atom is 0.356 e. The molecule has 2 N–H and O–H groups in total. The number of pyridine rings is 1. The third kappa shape index (κ3) is 4.20. The molecule has 0 saturated carbocycles. The molecule has 17 heavy (non-hydrogen) atoms. The summed E-state index contributed by atoms with van der Waals surface area (Å²) in [5.41, 5.74) is -0.125. The number of anilines is 1. The molecule has 0 aliphatic rings. The lowest BCUT2D eigenvalue weighted by molar-refractivity contribution is 0.0691. The lowest BCUT2D eigenvalue weighted by atomic mass is 10.3. The van der Waals surface area contributed by atoms with E-state index in [2.05, 4.69) is 22.1 Å². The molecule has 0 spiro atoms. The molecule has 0 saturated heterocycles. The highest BCUT2D eigenvalue weighted by atomic mass is 35.5. The number of carbonyl (C=O) groups is 1. The monoisotopic (exact) mass is 257 g/mol. The minimum absolute atomic E-state index is 0.125. The molecular weight excluding hydrogens is 242 g/mol. The van der Waals surface area contributed by atoms with Crippen molar-refractivity contribution in [2.24, 2.45) is 0 Å². The number of hydrogen-bond donors (Lipinski definition) is 2. The topological polar surface area (TPSA) is 65.5 Å². The zero-order valence-electron chi connectivity index (χ0n) is 9.90. The Labute approximate surface area is 105 Å². The summed E-state index contributed by atoms with van der Waals surface area (Å²) < 4.78 is 0. The lowest BCUT2D eigenvalue weighted by Crippen LogP contribution is -2.25. The largest absolute Gasteiger partial charge is 0.476 e. The van der Waals surface area contributed by atoms with Gasteiger partial charge in [-0.1, -0.05) is 18.5 Å². The molecule has 0 fully saturated rings. The molecule has 1 aromatic heterocycles. The van der Waals surface area contributed by atoms with Crippen LogP contribution in [-0.2, 0) is 0 Å². The minimum Gasteiger partial charge on any atom is -0.476 e. The number of carboxylic acids is 1. The van der Waals surface area contributed by atoms with E-state index in [1.165, 1.54) is 6.07 Å². The Bertz CT molecular complexity index is 398. The Kier molecular flexibility index (Phi) is 5.18. The van der Waals surface area contributed by atoms with Crippen molar-refractivity contribution in [2.75, 3.05) is 32.0 Å². The van der Waals surface area contributed by atoms with E-state index in [9.17, 15) is 4.79 Å². The summed E-state index contributed by atoms with van der Waals surface area (Å²) in [5, 5.41) is 12.1. The molecule has 0 unspecified atom stereocenters. The maximum absolute atomic E-state index is 10.8. The molecule has 6 heteroatoms. The molecular formula is C11H16ClN3O2. The van der Waals surface area contributed by atoms with E-state index < -0.39 is 5.97 Å². The fourth-order valence-electron chi connectivity index (χ4n) is 1.22. The molecule has 0 aliphatic heterocycles. The average molecular weight is 258 g/mol. The van der Waals surface area contributed by atoms with Crippen LogP contribution >= 0.6 is 11.6 Å². The highest BCUT2D eigenvalue weighted by molar-refractivity contribution is 6.33. The van der Waals surface area contributed by atoms with Gasteiger partial charge in [0.15, 0.2) is 5.69 Å². The first-order valence-electron chi connectivity index (χ1n) is 5.36. The Morgan fingerprint density at radius 3 is 2.88 bits per heavy atom. The molecule has 5 nitrogen and oxygen atoms in total. The van der Waals surface area contributed by atoms with Crippen molar-refractivity contribution in [3.8, 4) is 0 Å². The SMILES string of the molecule is CCN(C)CCNc1ccc(Cl)c(C(=O)O)n1. The number of carboxylic acid groups (broad SMARTS) is 1. The van der Waals surface area contributed by atoms with Crippen molar-refractivity contribution < 1.29 is 9.90 Å². The Hall–Kier alpha value is -1.33. The summed E-state index contributed by atoms with van der Waals surface area (Å²) in [7, 11) is 2.01. The predicted octanol–water partition coefficient (Wildman–Crippen LogP) is 1.80. The lowest BCUT2D eigenvalue weighted by Gasteiger charge is -2.14. The number of hydrogen-bond acceptors (Lipinski definition) is 4. The number of aromatic carboxylic acids is 1. The van der Waals surface area contributed by atoms with Gasteiger partial charge in [0.2, 0.25) is 0 Å². The van der Waals surface area contributed by atoms with Crippen LogP contribution in [0.3, 0.4) is 0 Å². The van der Waals surface area contributed by atoms with Crippen LogP contribution in [0.15, 0.2) is 12.1 Å². The van der Waals surface area contributed by atoms with Gasteiger partial charge in [0, 0.05) is 13.1 Å². The van der Waals surface area contributed by atoms with Crippen LogP contribution < -0.4 is 5.32 Å². The normalized spacial score (nSPS) is 10.6. The summed E-state index contributed by atoms with van der Waals surface area (Å²) >= 11 is 5.72. The first-order valence-corrected chi connectivity index (χ1v) is 5.74. The first-order chi connectivity index (χ1) is 8.04. The molecule has 1 heterocycles. The molecule has 0 aliphatic carbocycles. The van der Waals surface area contributed by atoms with Crippen molar-refractivity contribution in [1.82, 2.24) is 9.88 Å². The predicted molar refractivity (Wildman–Crippen MR) is 67.9 cm³/mol. The Morgan fingerprint density at radius 1 is 1.59 bits per heavy atom. The van der Waals surface area contributed by atoms with Crippen LogP contribution in [0.1, 0.15) is 17.4 Å². The van der Waals surface area contributed by atoms with Gasteiger partial charge < -0.3 is 15.3 Å². The van der Waals surface area contributed by atoms with Crippen molar-refractivity contribution in [1.29, 1.82) is 0 Å². The summed E-state index contributed by atoms with van der Waals surface area (Å²) in [6.07, 6.45) is 0. The molecule has 1 rings (SSSR count). The molecule has 0 bridgehead atoms. The van der Waals surface area contributed by atoms with Crippen LogP contribution in [0.4, 0.5) is 5.82 Å². The summed E-state index contributed by atoms with van der Waals surface area (Å²) in [4.78, 5) is 16.9. The van der Waals surface area contributed by atoms with Gasteiger partial charge in [-0.25, -0.2) is 9.78 Å². The second-order valence-corrected chi connectivity index (χ2v) is 4.06. The number of nitrogens with zero attached hydrogens (tertiary/aromatic N) is 2. The number of halogens is 1. The molecule has 94 valence electrons.